The Morgan fingerprint density at radius 1 is 1.16 bits per heavy atom. The lowest BCUT2D eigenvalue weighted by molar-refractivity contribution is -0.321. The molecule has 0 aromatic heterocycles. The summed E-state index contributed by atoms with van der Waals surface area (Å²) in [6, 6.07) is 5.62. The minimum Gasteiger partial charge on any atom is -0.406 e. The molecule has 10 heteroatoms. The highest BCUT2D eigenvalue weighted by Gasteiger charge is 2.61. The second kappa shape index (κ2) is 8.42. The van der Waals surface area contributed by atoms with E-state index in [0.717, 1.165) is 5.56 Å². The van der Waals surface area contributed by atoms with E-state index in [1.54, 1.807) is 26.0 Å². The SMILES string of the molecule is Cc1ccc(S(=O)(=O)N[C@@H]2CO[C@]3(COC(C)(C)O3)[C@@H](O[Si](C)(C)C(C)(C)C)[C@@H]2O)cc1. The normalized spacial score (nSPS) is 31.2. The van der Waals surface area contributed by atoms with Crippen molar-refractivity contribution < 1.29 is 32.2 Å². The molecule has 1 aromatic carbocycles. The predicted octanol–water partition coefficient (Wildman–Crippen LogP) is 2.90. The predicted molar refractivity (Wildman–Crippen MR) is 123 cm³/mol. The van der Waals surface area contributed by atoms with E-state index < -0.39 is 48.2 Å². The molecular weight excluding hydrogens is 450 g/mol. The van der Waals surface area contributed by atoms with Gasteiger partial charge in [-0.05, 0) is 51.0 Å². The number of hydrogen-bond acceptors (Lipinski definition) is 7. The van der Waals surface area contributed by atoms with E-state index in [0.29, 0.717) is 0 Å². The highest BCUT2D eigenvalue weighted by atomic mass is 32.2. The molecule has 1 aromatic rings. The van der Waals surface area contributed by atoms with Crippen LogP contribution in [0.25, 0.3) is 0 Å². The molecule has 0 radical (unpaired) electrons. The van der Waals surface area contributed by atoms with Crippen LogP contribution in [0.15, 0.2) is 29.2 Å². The fraction of sp³-hybridized carbons (Fsp3) is 0.727. The van der Waals surface area contributed by atoms with Crippen LogP contribution in [0.5, 0.6) is 0 Å². The number of ether oxygens (including phenoxy) is 3. The molecule has 0 unspecified atom stereocenters. The number of rotatable bonds is 5. The van der Waals surface area contributed by atoms with E-state index in [1.807, 2.05) is 6.92 Å². The van der Waals surface area contributed by atoms with Gasteiger partial charge >= 0.3 is 0 Å². The van der Waals surface area contributed by atoms with Gasteiger partial charge in [0.05, 0.1) is 17.5 Å². The van der Waals surface area contributed by atoms with Gasteiger partial charge in [0.25, 0.3) is 0 Å². The van der Waals surface area contributed by atoms with Crippen LogP contribution in [0.1, 0.15) is 40.2 Å². The number of benzene rings is 1. The zero-order valence-corrected chi connectivity index (χ0v) is 22.1. The Morgan fingerprint density at radius 2 is 1.75 bits per heavy atom. The molecule has 0 aliphatic carbocycles. The first kappa shape index (κ1) is 25.8. The summed E-state index contributed by atoms with van der Waals surface area (Å²) >= 11 is 0. The van der Waals surface area contributed by atoms with Crippen molar-refractivity contribution in [1.82, 2.24) is 4.72 Å². The van der Waals surface area contributed by atoms with E-state index in [4.69, 9.17) is 18.6 Å². The standard InChI is InChI=1S/C22H37NO7SSi/c1-15-9-11-16(12-10-15)31(25,26)23-17-13-27-22(14-28-21(5,6)30-22)19(18(17)24)29-32(7,8)20(2,3)4/h9-12,17-19,23-24H,13-14H2,1-8H3/t17-,18-,19+,22+/m1/s1. The molecule has 2 saturated heterocycles. The molecule has 0 amide bonds. The van der Waals surface area contributed by atoms with Crippen LogP contribution in [0.4, 0.5) is 0 Å². The molecule has 2 N–H and O–H groups in total. The highest BCUT2D eigenvalue weighted by molar-refractivity contribution is 7.89. The smallest absolute Gasteiger partial charge is 0.240 e. The zero-order valence-electron chi connectivity index (χ0n) is 20.3. The molecule has 2 aliphatic heterocycles. The van der Waals surface area contributed by atoms with Crippen molar-refractivity contribution in [2.45, 2.75) is 94.4 Å². The third kappa shape index (κ3) is 5.12. The summed E-state index contributed by atoms with van der Waals surface area (Å²) in [6.45, 7) is 15.8. The fourth-order valence-corrected chi connectivity index (χ4v) is 6.13. The summed E-state index contributed by atoms with van der Waals surface area (Å²) in [5, 5.41) is 11.2. The molecule has 4 atom stereocenters. The molecule has 0 bridgehead atoms. The first-order valence-corrected chi connectivity index (χ1v) is 15.3. The lowest BCUT2D eigenvalue weighted by atomic mass is 9.96. The third-order valence-electron chi connectivity index (χ3n) is 6.57. The molecule has 1 spiro atoms. The maximum absolute atomic E-state index is 13.0. The molecule has 32 heavy (non-hydrogen) atoms. The number of sulfonamides is 1. The number of hydrogen-bond donors (Lipinski definition) is 2. The van der Waals surface area contributed by atoms with Crippen molar-refractivity contribution in [2.24, 2.45) is 0 Å². The number of aryl methyl sites for hydroxylation is 1. The Hall–Kier alpha value is -0.853. The van der Waals surface area contributed by atoms with Gasteiger partial charge in [0.1, 0.15) is 18.8 Å². The topological polar surface area (TPSA) is 103 Å². The van der Waals surface area contributed by atoms with E-state index in [1.165, 1.54) is 12.1 Å². The second-order valence-electron chi connectivity index (χ2n) is 10.7. The van der Waals surface area contributed by atoms with Crippen molar-refractivity contribution in [2.75, 3.05) is 13.2 Å². The Labute approximate surface area is 192 Å². The largest absolute Gasteiger partial charge is 0.406 e. The maximum atomic E-state index is 13.0. The molecule has 2 aliphatic rings. The molecular formula is C22H37NO7SSi. The second-order valence-corrected chi connectivity index (χ2v) is 17.2. The maximum Gasteiger partial charge on any atom is 0.240 e. The van der Waals surface area contributed by atoms with Crippen LogP contribution >= 0.6 is 0 Å². The first-order chi connectivity index (χ1) is 14.5. The quantitative estimate of drug-likeness (QED) is 0.616. The number of nitrogens with one attached hydrogen (secondary N) is 1. The van der Waals surface area contributed by atoms with Gasteiger partial charge in [-0.25, -0.2) is 13.1 Å². The van der Waals surface area contributed by atoms with Gasteiger partial charge in [0, 0.05) is 0 Å². The third-order valence-corrected chi connectivity index (χ3v) is 12.5. The molecule has 0 saturated carbocycles. The molecule has 8 nitrogen and oxygen atoms in total. The van der Waals surface area contributed by atoms with E-state index in [-0.39, 0.29) is 23.1 Å². The summed E-state index contributed by atoms with van der Waals surface area (Å²) in [7, 11) is -6.25. The minimum atomic E-state index is -3.87. The molecule has 2 fully saturated rings. The Morgan fingerprint density at radius 3 is 2.25 bits per heavy atom. The highest BCUT2D eigenvalue weighted by Crippen LogP contribution is 2.44. The molecule has 182 valence electrons. The number of aliphatic hydroxyl groups excluding tert-OH is 1. The summed E-state index contributed by atoms with van der Waals surface area (Å²) in [6.07, 6.45) is -2.12. The Kier molecular flexibility index (Phi) is 6.78. The number of aliphatic hydroxyl groups is 1. The summed E-state index contributed by atoms with van der Waals surface area (Å²) in [4.78, 5) is 0.124. The van der Waals surface area contributed by atoms with Crippen LogP contribution in [-0.2, 0) is 28.7 Å². The Balaban J connectivity index is 1.90. The Bertz CT molecular complexity index is 927. The first-order valence-electron chi connectivity index (χ1n) is 10.9. The van der Waals surface area contributed by atoms with Crippen molar-refractivity contribution in [3.63, 3.8) is 0 Å². The van der Waals surface area contributed by atoms with Crippen molar-refractivity contribution in [1.29, 1.82) is 0 Å². The van der Waals surface area contributed by atoms with E-state index in [9.17, 15) is 13.5 Å². The van der Waals surface area contributed by atoms with Crippen LogP contribution in [0.2, 0.25) is 18.1 Å². The molecule has 2 heterocycles. The van der Waals surface area contributed by atoms with Gasteiger partial charge in [0.2, 0.25) is 15.8 Å². The monoisotopic (exact) mass is 487 g/mol. The van der Waals surface area contributed by atoms with Crippen LogP contribution < -0.4 is 4.72 Å². The lowest BCUT2D eigenvalue weighted by Gasteiger charge is -2.50. The van der Waals surface area contributed by atoms with Gasteiger partial charge in [0.15, 0.2) is 14.1 Å². The van der Waals surface area contributed by atoms with Gasteiger partial charge in [-0.15, -0.1) is 0 Å². The average molecular weight is 488 g/mol. The minimum absolute atomic E-state index is 0.0772. The summed E-state index contributed by atoms with van der Waals surface area (Å²) in [5.74, 6) is -2.23. The van der Waals surface area contributed by atoms with Crippen LogP contribution in [0.3, 0.4) is 0 Å². The van der Waals surface area contributed by atoms with Gasteiger partial charge in [-0.1, -0.05) is 38.5 Å². The lowest BCUT2D eigenvalue weighted by Crippen LogP contribution is -2.69. The van der Waals surface area contributed by atoms with Crippen molar-refractivity contribution >= 4 is 18.3 Å². The van der Waals surface area contributed by atoms with Crippen molar-refractivity contribution in [3.8, 4) is 0 Å². The fourth-order valence-electron chi connectivity index (χ4n) is 3.59. The zero-order chi connectivity index (χ0) is 24.2. The summed E-state index contributed by atoms with van der Waals surface area (Å²) < 4.78 is 53.1. The molecule has 3 rings (SSSR count). The van der Waals surface area contributed by atoms with Crippen molar-refractivity contribution in [3.05, 3.63) is 29.8 Å². The summed E-state index contributed by atoms with van der Waals surface area (Å²) in [5.41, 5.74) is 0.954. The van der Waals surface area contributed by atoms with Gasteiger partial charge in [-0.2, -0.15) is 0 Å². The van der Waals surface area contributed by atoms with Gasteiger partial charge in [-0.3, -0.25) is 0 Å². The average Bonchev–Trinajstić information content (AvgIpc) is 2.96. The van der Waals surface area contributed by atoms with E-state index >= 15 is 0 Å². The van der Waals surface area contributed by atoms with Gasteiger partial charge < -0.3 is 23.7 Å². The van der Waals surface area contributed by atoms with Crippen LogP contribution in [-0.4, -0.2) is 64.9 Å². The van der Waals surface area contributed by atoms with E-state index in [2.05, 4.69) is 38.6 Å². The van der Waals surface area contributed by atoms with Crippen LogP contribution in [0, 0.1) is 6.92 Å².